The van der Waals surface area contributed by atoms with Crippen molar-refractivity contribution in [2.75, 3.05) is 6.61 Å². The van der Waals surface area contributed by atoms with Gasteiger partial charge in [0.2, 0.25) is 0 Å². The lowest BCUT2D eigenvalue weighted by atomic mass is 9.92. The highest BCUT2D eigenvalue weighted by atomic mass is 79.9. The molecule has 0 radical (unpaired) electrons. The Hall–Kier alpha value is -1.23. The summed E-state index contributed by atoms with van der Waals surface area (Å²) in [5.74, 6) is -0.402. The van der Waals surface area contributed by atoms with Gasteiger partial charge in [0.05, 0.1) is 18.8 Å². The molecule has 2 unspecified atom stereocenters. The molecule has 110 valence electrons. The van der Waals surface area contributed by atoms with E-state index in [1.54, 1.807) is 12.1 Å². The van der Waals surface area contributed by atoms with Crippen molar-refractivity contribution in [3.63, 3.8) is 0 Å². The monoisotopic (exact) mass is 350 g/mol. The molecule has 0 amide bonds. The van der Waals surface area contributed by atoms with E-state index in [-0.39, 0.29) is 6.10 Å². The Morgan fingerprint density at radius 2 is 2.05 bits per heavy atom. The lowest BCUT2D eigenvalue weighted by molar-refractivity contribution is 0.00287. The number of aliphatic hydroxyl groups is 1. The fourth-order valence-corrected chi connectivity index (χ4v) is 3.43. The van der Waals surface area contributed by atoms with E-state index >= 15 is 0 Å². The molecule has 1 N–H and O–H groups in total. The van der Waals surface area contributed by atoms with Crippen LogP contribution in [0.3, 0.4) is 0 Å². The van der Waals surface area contributed by atoms with E-state index in [0.717, 1.165) is 12.0 Å². The summed E-state index contributed by atoms with van der Waals surface area (Å²) >= 11 is 3.30. The molecule has 2 nitrogen and oxygen atoms in total. The maximum atomic E-state index is 13.9. The number of hydrogen-bond acceptors (Lipinski definition) is 2. The van der Waals surface area contributed by atoms with Gasteiger partial charge in [-0.1, -0.05) is 46.3 Å². The summed E-state index contributed by atoms with van der Waals surface area (Å²) in [4.78, 5) is 0. The number of benzene rings is 2. The number of rotatable bonds is 3. The molecule has 0 aliphatic carbocycles. The number of halogens is 2. The van der Waals surface area contributed by atoms with E-state index in [4.69, 9.17) is 4.74 Å². The molecule has 0 saturated heterocycles. The Morgan fingerprint density at radius 3 is 2.86 bits per heavy atom. The minimum atomic E-state index is -0.906. The van der Waals surface area contributed by atoms with E-state index in [9.17, 15) is 9.50 Å². The molecule has 1 aliphatic heterocycles. The molecule has 1 aliphatic rings. The number of ether oxygens (including phenoxy) is 1. The topological polar surface area (TPSA) is 29.5 Å². The van der Waals surface area contributed by atoms with Crippen molar-refractivity contribution in [1.82, 2.24) is 0 Å². The summed E-state index contributed by atoms with van der Waals surface area (Å²) in [5, 5.41) is 10.4. The normalized spacial score (nSPS) is 19.1. The van der Waals surface area contributed by atoms with E-state index in [2.05, 4.69) is 22.0 Å². The third-order valence-electron chi connectivity index (χ3n) is 3.86. The molecule has 0 spiro atoms. The first-order valence-electron chi connectivity index (χ1n) is 6.98. The molecular weight excluding hydrogens is 335 g/mol. The molecule has 2 atom stereocenters. The predicted molar refractivity (Wildman–Crippen MR) is 82.5 cm³/mol. The Bertz CT molecular complexity index is 624. The summed E-state index contributed by atoms with van der Waals surface area (Å²) in [7, 11) is 0. The summed E-state index contributed by atoms with van der Waals surface area (Å²) in [6.45, 7) is 0.632. The number of hydrogen-bond donors (Lipinski definition) is 1. The molecule has 0 aromatic heterocycles. The van der Waals surface area contributed by atoms with Gasteiger partial charge in [0.25, 0.3) is 0 Å². The van der Waals surface area contributed by atoms with Gasteiger partial charge in [-0.25, -0.2) is 4.39 Å². The second-order valence-corrected chi connectivity index (χ2v) is 6.05. The van der Waals surface area contributed by atoms with Gasteiger partial charge in [-0.3, -0.25) is 0 Å². The summed E-state index contributed by atoms with van der Waals surface area (Å²) < 4.78 is 20.3. The Balaban J connectivity index is 1.85. The maximum Gasteiger partial charge on any atom is 0.130 e. The molecule has 0 saturated carbocycles. The fraction of sp³-hybridized carbons (Fsp3) is 0.294. The Labute approximate surface area is 131 Å². The van der Waals surface area contributed by atoms with Crippen molar-refractivity contribution in [2.45, 2.75) is 25.0 Å². The smallest absolute Gasteiger partial charge is 0.130 e. The van der Waals surface area contributed by atoms with Crippen LogP contribution in [0.5, 0.6) is 0 Å². The second-order valence-electron chi connectivity index (χ2n) is 5.20. The van der Waals surface area contributed by atoms with Crippen LogP contribution in [0, 0.1) is 5.82 Å². The molecule has 4 heteroatoms. The van der Waals surface area contributed by atoms with Crippen LogP contribution in [-0.2, 0) is 11.2 Å². The van der Waals surface area contributed by atoms with Crippen LogP contribution in [0.15, 0.2) is 46.9 Å². The van der Waals surface area contributed by atoms with Crippen LogP contribution >= 0.6 is 15.9 Å². The third-order valence-corrected chi connectivity index (χ3v) is 4.55. The van der Waals surface area contributed by atoms with Crippen molar-refractivity contribution in [3.8, 4) is 0 Å². The van der Waals surface area contributed by atoms with Crippen LogP contribution in [0.2, 0.25) is 0 Å². The van der Waals surface area contributed by atoms with Crippen molar-refractivity contribution in [2.24, 2.45) is 0 Å². The average molecular weight is 351 g/mol. The van der Waals surface area contributed by atoms with Crippen LogP contribution in [0.4, 0.5) is 4.39 Å². The zero-order valence-corrected chi connectivity index (χ0v) is 13.0. The minimum Gasteiger partial charge on any atom is -0.388 e. The first-order chi connectivity index (χ1) is 10.2. The highest BCUT2D eigenvalue weighted by molar-refractivity contribution is 9.10. The van der Waals surface area contributed by atoms with E-state index in [0.29, 0.717) is 23.1 Å². The predicted octanol–water partition coefficient (Wildman–Crippen LogP) is 4.33. The van der Waals surface area contributed by atoms with Crippen molar-refractivity contribution in [1.29, 1.82) is 0 Å². The second kappa shape index (κ2) is 6.26. The maximum absolute atomic E-state index is 13.9. The zero-order valence-electron chi connectivity index (χ0n) is 11.4. The fourth-order valence-electron chi connectivity index (χ4n) is 2.82. The van der Waals surface area contributed by atoms with Crippen LogP contribution < -0.4 is 0 Å². The Morgan fingerprint density at radius 1 is 1.24 bits per heavy atom. The van der Waals surface area contributed by atoms with Gasteiger partial charge in [0.1, 0.15) is 5.82 Å². The third kappa shape index (κ3) is 3.03. The van der Waals surface area contributed by atoms with Gasteiger partial charge in [-0.15, -0.1) is 0 Å². The summed E-state index contributed by atoms with van der Waals surface area (Å²) in [6, 6.07) is 12.8. The van der Waals surface area contributed by atoms with Crippen molar-refractivity contribution < 1.29 is 14.2 Å². The van der Waals surface area contributed by atoms with Gasteiger partial charge in [-0.05, 0) is 29.7 Å². The van der Waals surface area contributed by atoms with Gasteiger partial charge in [-0.2, -0.15) is 0 Å². The lowest BCUT2D eigenvalue weighted by Crippen LogP contribution is -2.19. The van der Waals surface area contributed by atoms with E-state index < -0.39 is 11.9 Å². The molecule has 0 fully saturated rings. The molecule has 1 heterocycles. The van der Waals surface area contributed by atoms with Crippen LogP contribution in [-0.4, -0.2) is 11.7 Å². The highest BCUT2D eigenvalue weighted by Crippen LogP contribution is 2.36. The lowest BCUT2D eigenvalue weighted by Gasteiger charge is -2.28. The Kier molecular flexibility index (Phi) is 4.38. The molecule has 0 bridgehead atoms. The summed E-state index contributed by atoms with van der Waals surface area (Å²) in [5.41, 5.74) is 2.63. The molecule has 2 aromatic carbocycles. The average Bonchev–Trinajstić information content (AvgIpc) is 2.47. The van der Waals surface area contributed by atoms with Crippen LogP contribution in [0.25, 0.3) is 0 Å². The quantitative estimate of drug-likeness (QED) is 0.892. The first-order valence-corrected chi connectivity index (χ1v) is 7.77. The van der Waals surface area contributed by atoms with E-state index in [1.807, 2.05) is 18.2 Å². The zero-order chi connectivity index (χ0) is 14.8. The van der Waals surface area contributed by atoms with Gasteiger partial charge >= 0.3 is 0 Å². The van der Waals surface area contributed by atoms with Gasteiger partial charge in [0, 0.05) is 16.5 Å². The van der Waals surface area contributed by atoms with E-state index in [1.165, 1.54) is 11.6 Å². The number of fused-ring (bicyclic) bond motifs is 1. The molecular formula is C17H16BrFO2. The van der Waals surface area contributed by atoms with Gasteiger partial charge in [0.15, 0.2) is 0 Å². The molecule has 2 aromatic rings. The first kappa shape index (κ1) is 14.7. The van der Waals surface area contributed by atoms with Gasteiger partial charge < -0.3 is 9.84 Å². The SMILES string of the molecule is OC(CC1OCCc2ccccc21)c1c(F)cccc1Br. The minimum absolute atomic E-state index is 0.198. The van der Waals surface area contributed by atoms with Crippen LogP contribution in [0.1, 0.15) is 35.3 Å². The number of aliphatic hydroxyl groups excluding tert-OH is 1. The van der Waals surface area contributed by atoms with Crippen molar-refractivity contribution in [3.05, 3.63) is 69.4 Å². The summed E-state index contributed by atoms with van der Waals surface area (Å²) in [6.07, 6.45) is 0.121. The largest absolute Gasteiger partial charge is 0.388 e. The molecule has 3 rings (SSSR count). The highest BCUT2D eigenvalue weighted by Gasteiger charge is 2.26. The standard InChI is InChI=1S/C17H16BrFO2/c18-13-6-3-7-14(19)17(13)15(20)10-16-12-5-2-1-4-11(12)8-9-21-16/h1-7,15-16,20H,8-10H2. The molecule has 21 heavy (non-hydrogen) atoms. The van der Waals surface area contributed by atoms with Crippen molar-refractivity contribution >= 4 is 15.9 Å².